The Morgan fingerprint density at radius 3 is 2.30 bits per heavy atom. The van der Waals surface area contributed by atoms with Gasteiger partial charge in [-0.25, -0.2) is 9.59 Å². The molecule has 1 saturated heterocycles. The van der Waals surface area contributed by atoms with Crippen molar-refractivity contribution in [1.82, 2.24) is 15.5 Å². The van der Waals surface area contributed by atoms with Crippen LogP contribution in [0.25, 0.3) is 0 Å². The van der Waals surface area contributed by atoms with E-state index in [9.17, 15) is 29.4 Å². The van der Waals surface area contributed by atoms with E-state index >= 15 is 0 Å². The zero-order chi connectivity index (χ0) is 26.9. The lowest BCUT2D eigenvalue weighted by Crippen LogP contribution is -2.57. The number of amides is 3. The van der Waals surface area contributed by atoms with Crippen LogP contribution < -0.4 is 10.6 Å². The predicted octanol–water partition coefficient (Wildman–Crippen LogP) is 2.45. The molecule has 10 nitrogen and oxygen atoms in total. The van der Waals surface area contributed by atoms with Gasteiger partial charge in [-0.3, -0.25) is 9.59 Å². The van der Waals surface area contributed by atoms with Gasteiger partial charge in [0.2, 0.25) is 11.8 Å². The lowest BCUT2D eigenvalue weighted by atomic mass is 10.0. The number of alkyl carbamates (subject to hydrolysis) is 1. The molecule has 0 saturated carbocycles. The summed E-state index contributed by atoms with van der Waals surface area (Å²) in [5.41, 5.74) is 1.46. The third-order valence-electron chi connectivity index (χ3n) is 6.25. The molecule has 0 unspecified atom stereocenters. The molecule has 0 aliphatic carbocycles. The van der Waals surface area contributed by atoms with E-state index in [1.165, 1.54) is 17.0 Å². The van der Waals surface area contributed by atoms with Crippen LogP contribution in [0.3, 0.4) is 0 Å². The molecular formula is C27H33N3O7. The Morgan fingerprint density at radius 1 is 1.00 bits per heavy atom. The second-order valence-corrected chi connectivity index (χ2v) is 9.39. The van der Waals surface area contributed by atoms with Crippen molar-refractivity contribution in [2.24, 2.45) is 5.92 Å². The van der Waals surface area contributed by atoms with Gasteiger partial charge >= 0.3 is 12.1 Å². The van der Waals surface area contributed by atoms with Gasteiger partial charge < -0.3 is 30.5 Å². The second-order valence-electron chi connectivity index (χ2n) is 9.39. The number of benzene rings is 2. The topological polar surface area (TPSA) is 145 Å². The van der Waals surface area contributed by atoms with Gasteiger partial charge in [0.1, 0.15) is 30.5 Å². The van der Waals surface area contributed by atoms with E-state index in [2.05, 4.69) is 10.6 Å². The van der Waals surface area contributed by atoms with Gasteiger partial charge in [-0.05, 0) is 42.0 Å². The van der Waals surface area contributed by atoms with E-state index in [4.69, 9.17) is 4.74 Å². The van der Waals surface area contributed by atoms with Crippen molar-refractivity contribution in [3.8, 4) is 5.75 Å². The largest absolute Gasteiger partial charge is 0.508 e. The van der Waals surface area contributed by atoms with Crippen molar-refractivity contribution < 1.29 is 34.1 Å². The molecular weight excluding hydrogens is 478 g/mol. The molecule has 0 radical (unpaired) electrons. The summed E-state index contributed by atoms with van der Waals surface area (Å²) in [5, 5.41) is 24.4. The molecule has 10 heteroatoms. The Hall–Kier alpha value is -4.08. The van der Waals surface area contributed by atoms with Gasteiger partial charge in [-0.15, -0.1) is 0 Å². The summed E-state index contributed by atoms with van der Waals surface area (Å²) in [4.78, 5) is 52.1. The molecule has 1 fully saturated rings. The minimum absolute atomic E-state index is 0.0343. The maximum Gasteiger partial charge on any atom is 0.408 e. The molecule has 0 bridgehead atoms. The molecule has 1 heterocycles. The minimum Gasteiger partial charge on any atom is -0.508 e. The Morgan fingerprint density at radius 2 is 1.68 bits per heavy atom. The quantitative estimate of drug-likeness (QED) is 0.383. The van der Waals surface area contributed by atoms with Gasteiger partial charge in [0.05, 0.1) is 0 Å². The zero-order valence-electron chi connectivity index (χ0n) is 20.9. The van der Waals surface area contributed by atoms with E-state index in [0.29, 0.717) is 18.4 Å². The van der Waals surface area contributed by atoms with Gasteiger partial charge in [-0.2, -0.15) is 0 Å². The monoisotopic (exact) mass is 511 g/mol. The number of aromatic hydroxyl groups is 1. The first-order valence-corrected chi connectivity index (χ1v) is 12.2. The number of likely N-dealkylation sites (tertiary alicyclic amines) is 1. The molecule has 198 valence electrons. The zero-order valence-corrected chi connectivity index (χ0v) is 20.9. The maximum absolute atomic E-state index is 13.4. The third-order valence-corrected chi connectivity index (χ3v) is 6.25. The number of nitrogens with one attached hydrogen (secondary N) is 2. The smallest absolute Gasteiger partial charge is 0.408 e. The number of phenolic OH excluding ortho intramolecular Hbond substituents is 1. The molecule has 1 aliphatic rings. The molecule has 1 aliphatic heterocycles. The summed E-state index contributed by atoms with van der Waals surface area (Å²) < 4.78 is 5.25. The molecule has 4 N–H and O–H groups in total. The molecule has 0 spiro atoms. The number of carbonyl (C=O) groups is 4. The van der Waals surface area contributed by atoms with Crippen LogP contribution in [-0.4, -0.2) is 63.7 Å². The highest BCUT2D eigenvalue weighted by molar-refractivity contribution is 5.93. The Balaban J connectivity index is 1.73. The fourth-order valence-corrected chi connectivity index (χ4v) is 4.24. The SMILES string of the molecule is CC(C)[C@H](NC(=O)OCc1ccccc1)C(=O)N[C@@H](Cc1ccc(O)cc1)C(=O)N1CCC[C@H]1C(=O)O. The molecule has 3 atom stereocenters. The van der Waals surface area contributed by atoms with Crippen LogP contribution >= 0.6 is 0 Å². The van der Waals surface area contributed by atoms with Crippen LogP contribution in [-0.2, 0) is 32.1 Å². The van der Waals surface area contributed by atoms with Crippen LogP contribution in [0.15, 0.2) is 54.6 Å². The van der Waals surface area contributed by atoms with Crippen LogP contribution in [0, 0.1) is 5.92 Å². The number of carboxylic acid groups (broad SMARTS) is 1. The standard InChI is InChI=1S/C27H33N3O7/c1-17(2)23(29-27(36)37-16-19-7-4-3-5-8-19)24(32)28-21(15-18-10-12-20(31)13-11-18)25(33)30-14-6-9-22(30)26(34)35/h3-5,7-8,10-13,17,21-23,31H,6,9,14-16H2,1-2H3,(H,28,32)(H,29,36)(H,34,35)/t21-,22-,23-/m0/s1. The van der Waals surface area contributed by atoms with Gasteiger partial charge in [0.15, 0.2) is 0 Å². The van der Waals surface area contributed by atoms with E-state index in [1.807, 2.05) is 30.3 Å². The molecule has 2 aromatic carbocycles. The van der Waals surface area contributed by atoms with E-state index in [0.717, 1.165) is 5.56 Å². The number of carbonyl (C=O) groups excluding carboxylic acids is 3. The van der Waals surface area contributed by atoms with Crippen LogP contribution in [0.1, 0.15) is 37.8 Å². The Bertz CT molecular complexity index is 1090. The normalized spacial score (nSPS) is 16.6. The van der Waals surface area contributed by atoms with Crippen molar-refractivity contribution in [1.29, 1.82) is 0 Å². The maximum atomic E-state index is 13.4. The van der Waals surface area contributed by atoms with Gasteiger partial charge in [0, 0.05) is 13.0 Å². The summed E-state index contributed by atoms with van der Waals surface area (Å²) in [6.45, 7) is 3.81. The summed E-state index contributed by atoms with van der Waals surface area (Å²) in [6.07, 6.45) is 0.192. The minimum atomic E-state index is -1.09. The first-order valence-electron chi connectivity index (χ1n) is 12.2. The number of nitrogens with zero attached hydrogens (tertiary/aromatic N) is 1. The summed E-state index contributed by atoms with van der Waals surface area (Å²) in [6, 6.07) is 12.3. The van der Waals surface area contributed by atoms with Crippen LogP contribution in [0.4, 0.5) is 4.79 Å². The van der Waals surface area contributed by atoms with Gasteiger partial charge in [-0.1, -0.05) is 56.3 Å². The highest BCUT2D eigenvalue weighted by atomic mass is 16.5. The van der Waals surface area contributed by atoms with Crippen LogP contribution in [0.5, 0.6) is 5.75 Å². The van der Waals surface area contributed by atoms with E-state index in [1.54, 1.807) is 26.0 Å². The highest BCUT2D eigenvalue weighted by Crippen LogP contribution is 2.20. The molecule has 2 aromatic rings. The lowest BCUT2D eigenvalue weighted by molar-refractivity contribution is -0.149. The van der Waals surface area contributed by atoms with Crippen LogP contribution in [0.2, 0.25) is 0 Å². The number of aliphatic carboxylic acids is 1. The first kappa shape index (κ1) is 27.5. The Labute approximate surface area is 215 Å². The molecule has 0 aromatic heterocycles. The molecule has 3 rings (SSSR count). The lowest BCUT2D eigenvalue weighted by Gasteiger charge is -2.29. The highest BCUT2D eigenvalue weighted by Gasteiger charge is 2.38. The van der Waals surface area contributed by atoms with Crippen molar-refractivity contribution in [2.45, 2.75) is 57.8 Å². The third kappa shape index (κ3) is 7.70. The average Bonchev–Trinajstić information content (AvgIpc) is 3.37. The summed E-state index contributed by atoms with van der Waals surface area (Å²) in [7, 11) is 0. The van der Waals surface area contributed by atoms with Crippen molar-refractivity contribution in [2.75, 3.05) is 6.54 Å². The number of phenols is 1. The number of hydrogen-bond acceptors (Lipinski definition) is 6. The molecule has 37 heavy (non-hydrogen) atoms. The van der Waals surface area contributed by atoms with E-state index < -0.39 is 42.0 Å². The first-order chi connectivity index (χ1) is 17.7. The molecule has 3 amide bonds. The second kappa shape index (κ2) is 12.8. The summed E-state index contributed by atoms with van der Waals surface area (Å²) >= 11 is 0. The van der Waals surface area contributed by atoms with Crippen molar-refractivity contribution in [3.63, 3.8) is 0 Å². The number of carboxylic acids is 1. The fraction of sp³-hybridized carbons (Fsp3) is 0.407. The van der Waals surface area contributed by atoms with Gasteiger partial charge in [0.25, 0.3) is 0 Å². The average molecular weight is 512 g/mol. The van der Waals surface area contributed by atoms with Crippen molar-refractivity contribution >= 4 is 23.9 Å². The van der Waals surface area contributed by atoms with E-state index in [-0.39, 0.29) is 31.2 Å². The Kier molecular flexibility index (Phi) is 9.48. The number of rotatable bonds is 10. The number of hydrogen-bond donors (Lipinski definition) is 4. The number of ether oxygens (including phenoxy) is 1. The summed E-state index contributed by atoms with van der Waals surface area (Å²) in [5.74, 6) is -2.47. The predicted molar refractivity (Wildman–Crippen MR) is 135 cm³/mol. The fourth-order valence-electron chi connectivity index (χ4n) is 4.24. The van der Waals surface area contributed by atoms with Crippen molar-refractivity contribution in [3.05, 3.63) is 65.7 Å².